The molecule has 20 heavy (non-hydrogen) atoms. The van der Waals surface area contributed by atoms with Crippen LogP contribution < -0.4 is 9.80 Å². The van der Waals surface area contributed by atoms with Gasteiger partial charge in [0.1, 0.15) is 5.15 Å². The lowest BCUT2D eigenvalue weighted by atomic mass is 10.2. The summed E-state index contributed by atoms with van der Waals surface area (Å²) >= 11 is 11.9. The molecule has 0 spiro atoms. The topological polar surface area (TPSA) is 19.4 Å². The number of benzene rings is 1. The van der Waals surface area contributed by atoms with Crippen LogP contribution in [0.25, 0.3) is 0 Å². The number of hydrogen-bond acceptors (Lipinski definition) is 3. The Balaban J connectivity index is 1.66. The van der Waals surface area contributed by atoms with Crippen molar-refractivity contribution in [3.05, 3.63) is 52.8 Å². The van der Waals surface area contributed by atoms with Gasteiger partial charge in [-0.3, -0.25) is 0 Å². The molecule has 3 nitrogen and oxygen atoms in total. The maximum atomic E-state index is 5.94. The molecule has 0 radical (unpaired) electrons. The summed E-state index contributed by atoms with van der Waals surface area (Å²) in [6.07, 6.45) is 1.75. The molecular weight excluding hydrogens is 293 g/mol. The Morgan fingerprint density at radius 2 is 1.40 bits per heavy atom. The zero-order chi connectivity index (χ0) is 13.9. The molecule has 2 heterocycles. The van der Waals surface area contributed by atoms with E-state index >= 15 is 0 Å². The van der Waals surface area contributed by atoms with Gasteiger partial charge in [-0.1, -0.05) is 23.2 Å². The summed E-state index contributed by atoms with van der Waals surface area (Å²) in [5.41, 5.74) is 2.36. The van der Waals surface area contributed by atoms with Crippen LogP contribution in [0, 0.1) is 0 Å². The first-order chi connectivity index (χ1) is 9.72. The number of aromatic nitrogens is 1. The standard InChI is InChI=1S/C15H15Cl2N3/c16-12-1-3-13(4-2-12)19-7-9-20(10-8-19)14-5-6-18-15(17)11-14/h1-6,11H,7-10H2. The molecule has 1 fully saturated rings. The summed E-state index contributed by atoms with van der Waals surface area (Å²) in [7, 11) is 0. The third kappa shape index (κ3) is 3.00. The number of anilines is 2. The minimum atomic E-state index is 0.544. The Kier molecular flexibility index (Phi) is 3.99. The van der Waals surface area contributed by atoms with Crippen molar-refractivity contribution in [2.45, 2.75) is 0 Å². The average Bonchev–Trinajstić information content (AvgIpc) is 2.48. The van der Waals surface area contributed by atoms with E-state index in [1.807, 2.05) is 24.3 Å². The van der Waals surface area contributed by atoms with E-state index in [1.54, 1.807) is 6.20 Å². The van der Waals surface area contributed by atoms with Gasteiger partial charge in [0.25, 0.3) is 0 Å². The number of piperazine rings is 1. The van der Waals surface area contributed by atoms with Gasteiger partial charge in [-0.05, 0) is 36.4 Å². The first-order valence-corrected chi connectivity index (χ1v) is 7.35. The monoisotopic (exact) mass is 307 g/mol. The van der Waals surface area contributed by atoms with Crippen LogP contribution >= 0.6 is 23.2 Å². The number of rotatable bonds is 2. The van der Waals surface area contributed by atoms with Crippen LogP contribution in [0.15, 0.2) is 42.6 Å². The predicted molar refractivity (Wildman–Crippen MR) is 85.1 cm³/mol. The average molecular weight is 308 g/mol. The Hall–Kier alpha value is -1.45. The lowest BCUT2D eigenvalue weighted by Crippen LogP contribution is -2.46. The van der Waals surface area contributed by atoms with Gasteiger partial charge in [0.15, 0.2) is 0 Å². The molecule has 0 amide bonds. The highest BCUT2D eigenvalue weighted by molar-refractivity contribution is 6.30. The van der Waals surface area contributed by atoms with Crippen LogP contribution in [0.4, 0.5) is 11.4 Å². The SMILES string of the molecule is Clc1ccc(N2CCN(c3ccnc(Cl)c3)CC2)cc1. The van der Waals surface area contributed by atoms with Crippen molar-refractivity contribution in [3.63, 3.8) is 0 Å². The Morgan fingerprint density at radius 3 is 2.00 bits per heavy atom. The zero-order valence-electron chi connectivity index (χ0n) is 11.0. The maximum Gasteiger partial charge on any atom is 0.131 e. The van der Waals surface area contributed by atoms with Gasteiger partial charge in [0, 0.05) is 48.8 Å². The van der Waals surface area contributed by atoms with Crippen molar-refractivity contribution >= 4 is 34.6 Å². The molecule has 104 valence electrons. The van der Waals surface area contributed by atoms with Crippen molar-refractivity contribution in [3.8, 4) is 0 Å². The van der Waals surface area contributed by atoms with Gasteiger partial charge < -0.3 is 9.80 Å². The summed E-state index contributed by atoms with van der Waals surface area (Å²) in [6, 6.07) is 11.9. The summed E-state index contributed by atoms with van der Waals surface area (Å²) in [5.74, 6) is 0. The molecule has 0 N–H and O–H groups in total. The summed E-state index contributed by atoms with van der Waals surface area (Å²) < 4.78 is 0. The van der Waals surface area contributed by atoms with E-state index in [4.69, 9.17) is 23.2 Å². The molecule has 0 unspecified atom stereocenters. The minimum Gasteiger partial charge on any atom is -0.368 e. The van der Waals surface area contributed by atoms with Gasteiger partial charge in [-0.25, -0.2) is 4.98 Å². The molecule has 0 saturated carbocycles. The number of nitrogens with zero attached hydrogens (tertiary/aromatic N) is 3. The minimum absolute atomic E-state index is 0.544. The van der Waals surface area contributed by atoms with E-state index in [0.29, 0.717) is 5.15 Å². The zero-order valence-corrected chi connectivity index (χ0v) is 12.5. The van der Waals surface area contributed by atoms with E-state index < -0.39 is 0 Å². The second-order valence-electron chi connectivity index (χ2n) is 4.79. The van der Waals surface area contributed by atoms with E-state index in [9.17, 15) is 0 Å². The molecule has 1 saturated heterocycles. The largest absolute Gasteiger partial charge is 0.368 e. The highest BCUT2D eigenvalue weighted by Crippen LogP contribution is 2.23. The fourth-order valence-electron chi connectivity index (χ4n) is 2.46. The van der Waals surface area contributed by atoms with Gasteiger partial charge in [-0.2, -0.15) is 0 Å². The number of halogens is 2. The molecule has 3 rings (SSSR count). The summed E-state index contributed by atoms with van der Waals surface area (Å²) in [4.78, 5) is 8.73. The van der Waals surface area contributed by atoms with Crippen LogP contribution in [0.2, 0.25) is 10.2 Å². The van der Waals surface area contributed by atoms with Crippen LogP contribution in [0.1, 0.15) is 0 Å². The molecule has 0 atom stereocenters. The molecule has 1 aliphatic heterocycles. The van der Waals surface area contributed by atoms with Crippen LogP contribution in [-0.2, 0) is 0 Å². The normalized spacial score (nSPS) is 15.5. The van der Waals surface area contributed by atoms with Crippen LogP contribution in [0.3, 0.4) is 0 Å². The molecular formula is C15H15Cl2N3. The van der Waals surface area contributed by atoms with Gasteiger partial charge in [0.05, 0.1) is 0 Å². The molecule has 2 aromatic rings. The summed E-state index contributed by atoms with van der Waals surface area (Å²) in [5, 5.41) is 1.32. The highest BCUT2D eigenvalue weighted by Gasteiger charge is 2.17. The molecule has 1 aromatic heterocycles. The Labute approximate surface area is 128 Å². The molecule has 0 aliphatic carbocycles. The number of hydrogen-bond donors (Lipinski definition) is 0. The van der Waals surface area contributed by atoms with Crippen molar-refractivity contribution in [1.29, 1.82) is 0 Å². The highest BCUT2D eigenvalue weighted by atomic mass is 35.5. The third-order valence-electron chi connectivity index (χ3n) is 3.55. The van der Waals surface area contributed by atoms with Crippen molar-refractivity contribution in [2.75, 3.05) is 36.0 Å². The predicted octanol–water partition coefficient (Wildman–Crippen LogP) is 3.72. The van der Waals surface area contributed by atoms with E-state index in [1.165, 1.54) is 5.69 Å². The molecule has 1 aromatic carbocycles. The van der Waals surface area contributed by atoms with Crippen molar-refractivity contribution in [1.82, 2.24) is 4.98 Å². The quantitative estimate of drug-likeness (QED) is 0.788. The second-order valence-corrected chi connectivity index (χ2v) is 5.61. The van der Waals surface area contributed by atoms with Gasteiger partial charge in [-0.15, -0.1) is 0 Å². The first kappa shape index (κ1) is 13.5. The Morgan fingerprint density at radius 1 is 0.800 bits per heavy atom. The smallest absolute Gasteiger partial charge is 0.131 e. The van der Waals surface area contributed by atoms with E-state index in [-0.39, 0.29) is 0 Å². The van der Waals surface area contributed by atoms with E-state index in [0.717, 1.165) is 36.9 Å². The van der Waals surface area contributed by atoms with Crippen molar-refractivity contribution in [2.24, 2.45) is 0 Å². The van der Waals surface area contributed by atoms with Crippen LogP contribution in [-0.4, -0.2) is 31.2 Å². The second kappa shape index (κ2) is 5.90. The van der Waals surface area contributed by atoms with Gasteiger partial charge in [0.2, 0.25) is 0 Å². The number of pyridine rings is 1. The molecule has 1 aliphatic rings. The molecule has 5 heteroatoms. The first-order valence-electron chi connectivity index (χ1n) is 6.59. The maximum absolute atomic E-state index is 5.94. The fourth-order valence-corrected chi connectivity index (χ4v) is 2.76. The van der Waals surface area contributed by atoms with Crippen molar-refractivity contribution < 1.29 is 0 Å². The summed E-state index contributed by atoms with van der Waals surface area (Å²) in [6.45, 7) is 3.93. The molecule has 0 bridgehead atoms. The lowest BCUT2D eigenvalue weighted by molar-refractivity contribution is 0.653. The van der Waals surface area contributed by atoms with Crippen LogP contribution in [0.5, 0.6) is 0 Å². The van der Waals surface area contributed by atoms with Gasteiger partial charge >= 0.3 is 0 Å². The van der Waals surface area contributed by atoms with E-state index in [2.05, 4.69) is 26.9 Å². The fraction of sp³-hybridized carbons (Fsp3) is 0.267. The third-order valence-corrected chi connectivity index (χ3v) is 4.01. The Bertz CT molecular complexity index is 578. The lowest BCUT2D eigenvalue weighted by Gasteiger charge is -2.37.